The first kappa shape index (κ1) is 12.0. The number of piperazine rings is 1. The summed E-state index contributed by atoms with van der Waals surface area (Å²) in [7, 11) is 2.19. The first-order valence-corrected chi connectivity index (χ1v) is 6.73. The van der Waals surface area contributed by atoms with Crippen LogP contribution in [-0.2, 0) is 0 Å². The van der Waals surface area contributed by atoms with E-state index in [9.17, 15) is 0 Å². The van der Waals surface area contributed by atoms with Crippen LogP contribution >= 0.6 is 11.6 Å². The number of hydrogen-bond acceptors (Lipinski definition) is 2. The van der Waals surface area contributed by atoms with E-state index in [-0.39, 0.29) is 0 Å². The fourth-order valence-corrected chi connectivity index (χ4v) is 3.05. The number of aromatic nitrogens is 1. The molecule has 1 aromatic carbocycles. The molecule has 1 aromatic heterocycles. The molecule has 0 radical (unpaired) electrons. The Labute approximate surface area is 112 Å². The number of rotatable bonds is 1. The van der Waals surface area contributed by atoms with Crippen LogP contribution in [0.2, 0.25) is 5.02 Å². The van der Waals surface area contributed by atoms with Gasteiger partial charge < -0.3 is 10.3 Å². The third-order valence-electron chi connectivity index (χ3n) is 3.84. The summed E-state index contributed by atoms with van der Waals surface area (Å²) in [6.45, 7) is 5.29. The van der Waals surface area contributed by atoms with E-state index in [1.165, 1.54) is 22.2 Å². The smallest absolute Gasteiger partial charge is 0.0494 e. The molecule has 2 heterocycles. The summed E-state index contributed by atoms with van der Waals surface area (Å²) < 4.78 is 0. The maximum Gasteiger partial charge on any atom is 0.0494 e. The first-order valence-electron chi connectivity index (χ1n) is 6.35. The second kappa shape index (κ2) is 4.57. The third-order valence-corrected chi connectivity index (χ3v) is 4.08. The zero-order valence-electron chi connectivity index (χ0n) is 10.8. The first-order chi connectivity index (χ1) is 8.66. The molecule has 2 aromatic rings. The SMILES string of the molecule is Cc1[nH]c2ccc(Cl)cc2c1C1CNCCN1C. The molecule has 2 N–H and O–H groups in total. The Morgan fingerprint density at radius 2 is 2.22 bits per heavy atom. The van der Waals surface area contributed by atoms with Crippen molar-refractivity contribution in [2.24, 2.45) is 0 Å². The number of H-pyrrole nitrogens is 1. The van der Waals surface area contributed by atoms with E-state index in [1.807, 2.05) is 6.07 Å². The number of nitrogens with one attached hydrogen (secondary N) is 2. The molecule has 0 aliphatic carbocycles. The topological polar surface area (TPSA) is 31.1 Å². The average molecular weight is 264 g/mol. The van der Waals surface area contributed by atoms with Gasteiger partial charge >= 0.3 is 0 Å². The maximum atomic E-state index is 6.13. The molecule has 1 aliphatic rings. The van der Waals surface area contributed by atoms with Gasteiger partial charge in [0.1, 0.15) is 0 Å². The normalized spacial score (nSPS) is 21.6. The van der Waals surface area contributed by atoms with Crippen molar-refractivity contribution in [2.75, 3.05) is 26.7 Å². The molecule has 3 rings (SSSR count). The van der Waals surface area contributed by atoms with Crippen molar-refractivity contribution in [3.05, 3.63) is 34.5 Å². The van der Waals surface area contributed by atoms with Gasteiger partial charge in [-0.1, -0.05) is 11.6 Å². The lowest BCUT2D eigenvalue weighted by atomic mass is 10.0. The van der Waals surface area contributed by atoms with Crippen molar-refractivity contribution in [3.8, 4) is 0 Å². The number of likely N-dealkylation sites (N-methyl/N-ethyl adjacent to an activating group) is 1. The second-order valence-corrected chi connectivity index (χ2v) is 5.49. The van der Waals surface area contributed by atoms with Crippen LogP contribution in [0.1, 0.15) is 17.3 Å². The minimum atomic E-state index is 0.422. The van der Waals surface area contributed by atoms with Crippen LogP contribution in [-0.4, -0.2) is 36.6 Å². The maximum absolute atomic E-state index is 6.13. The van der Waals surface area contributed by atoms with Gasteiger partial charge in [-0.3, -0.25) is 4.90 Å². The molecule has 0 saturated carbocycles. The van der Waals surface area contributed by atoms with E-state index < -0.39 is 0 Å². The van der Waals surface area contributed by atoms with Crippen LogP contribution in [0.4, 0.5) is 0 Å². The van der Waals surface area contributed by atoms with Gasteiger partial charge in [-0.2, -0.15) is 0 Å². The highest BCUT2D eigenvalue weighted by Gasteiger charge is 2.25. The summed E-state index contributed by atoms with van der Waals surface area (Å²) in [5.41, 5.74) is 3.79. The Morgan fingerprint density at radius 1 is 1.39 bits per heavy atom. The lowest BCUT2D eigenvalue weighted by Gasteiger charge is -2.33. The molecule has 0 bridgehead atoms. The number of benzene rings is 1. The van der Waals surface area contributed by atoms with Crippen LogP contribution in [0.15, 0.2) is 18.2 Å². The zero-order valence-corrected chi connectivity index (χ0v) is 11.5. The molecule has 3 nitrogen and oxygen atoms in total. The molecular formula is C14H18ClN3. The summed E-state index contributed by atoms with van der Waals surface area (Å²) in [4.78, 5) is 5.87. The number of aryl methyl sites for hydroxylation is 1. The van der Waals surface area contributed by atoms with Crippen molar-refractivity contribution < 1.29 is 0 Å². The fourth-order valence-electron chi connectivity index (χ4n) is 2.88. The average Bonchev–Trinajstić information content (AvgIpc) is 2.66. The summed E-state index contributed by atoms with van der Waals surface area (Å²) in [5.74, 6) is 0. The minimum Gasteiger partial charge on any atom is -0.358 e. The van der Waals surface area contributed by atoms with Crippen molar-refractivity contribution in [1.82, 2.24) is 15.2 Å². The van der Waals surface area contributed by atoms with Gasteiger partial charge in [-0.25, -0.2) is 0 Å². The monoisotopic (exact) mass is 263 g/mol. The molecule has 1 aliphatic heterocycles. The van der Waals surface area contributed by atoms with E-state index in [4.69, 9.17) is 11.6 Å². The van der Waals surface area contributed by atoms with Gasteiger partial charge in [0.2, 0.25) is 0 Å². The van der Waals surface area contributed by atoms with Crippen molar-refractivity contribution in [1.29, 1.82) is 0 Å². The Balaban J connectivity index is 2.14. The van der Waals surface area contributed by atoms with Crippen molar-refractivity contribution >= 4 is 22.5 Å². The van der Waals surface area contributed by atoms with Gasteiger partial charge in [0, 0.05) is 47.3 Å². The standard InChI is InChI=1S/C14H18ClN3/c1-9-14(13-8-16-5-6-18(13)2)11-7-10(15)3-4-12(11)17-9/h3-4,7,13,16-17H,5-6,8H2,1-2H3. The highest BCUT2D eigenvalue weighted by Crippen LogP contribution is 2.32. The van der Waals surface area contributed by atoms with Crippen molar-refractivity contribution in [3.63, 3.8) is 0 Å². The molecule has 1 saturated heterocycles. The lowest BCUT2D eigenvalue weighted by Crippen LogP contribution is -2.43. The molecule has 0 amide bonds. The molecular weight excluding hydrogens is 246 g/mol. The summed E-state index contributed by atoms with van der Waals surface area (Å²) in [6.07, 6.45) is 0. The second-order valence-electron chi connectivity index (χ2n) is 5.05. The Hall–Kier alpha value is -1.03. The van der Waals surface area contributed by atoms with Crippen LogP contribution in [0.3, 0.4) is 0 Å². The third kappa shape index (κ3) is 1.92. The van der Waals surface area contributed by atoms with Crippen LogP contribution < -0.4 is 5.32 Å². The molecule has 4 heteroatoms. The predicted octanol–water partition coefficient (Wildman–Crippen LogP) is 2.71. The van der Waals surface area contributed by atoms with E-state index in [2.05, 4.69) is 41.3 Å². The van der Waals surface area contributed by atoms with E-state index in [0.29, 0.717) is 6.04 Å². The number of halogens is 1. The lowest BCUT2D eigenvalue weighted by molar-refractivity contribution is 0.203. The van der Waals surface area contributed by atoms with Gasteiger partial charge in [-0.15, -0.1) is 0 Å². The summed E-state index contributed by atoms with van der Waals surface area (Å²) in [6, 6.07) is 6.49. The molecule has 1 fully saturated rings. The minimum absolute atomic E-state index is 0.422. The van der Waals surface area contributed by atoms with Crippen LogP contribution in [0, 0.1) is 6.92 Å². The molecule has 1 atom stereocenters. The van der Waals surface area contributed by atoms with E-state index >= 15 is 0 Å². The number of hydrogen-bond donors (Lipinski definition) is 2. The van der Waals surface area contributed by atoms with Gasteiger partial charge in [-0.05, 0) is 37.7 Å². The fraction of sp³-hybridized carbons (Fsp3) is 0.429. The largest absolute Gasteiger partial charge is 0.358 e. The predicted molar refractivity (Wildman–Crippen MR) is 76.3 cm³/mol. The van der Waals surface area contributed by atoms with Crippen molar-refractivity contribution in [2.45, 2.75) is 13.0 Å². The van der Waals surface area contributed by atoms with Gasteiger partial charge in [0.15, 0.2) is 0 Å². The number of nitrogens with zero attached hydrogens (tertiary/aromatic N) is 1. The number of fused-ring (bicyclic) bond motifs is 1. The zero-order chi connectivity index (χ0) is 12.7. The Bertz CT molecular complexity index is 576. The molecule has 18 heavy (non-hydrogen) atoms. The molecule has 96 valence electrons. The number of aromatic amines is 1. The van der Waals surface area contributed by atoms with Crippen LogP contribution in [0.25, 0.3) is 10.9 Å². The Kier molecular flexibility index (Phi) is 3.06. The Morgan fingerprint density at radius 3 is 3.00 bits per heavy atom. The quantitative estimate of drug-likeness (QED) is 0.829. The molecule has 1 unspecified atom stereocenters. The summed E-state index contributed by atoms with van der Waals surface area (Å²) >= 11 is 6.13. The highest BCUT2D eigenvalue weighted by molar-refractivity contribution is 6.31. The molecule has 0 spiro atoms. The van der Waals surface area contributed by atoms with Gasteiger partial charge in [0.05, 0.1) is 0 Å². The summed E-state index contributed by atoms with van der Waals surface area (Å²) in [5, 5.41) is 5.52. The van der Waals surface area contributed by atoms with E-state index in [1.54, 1.807) is 0 Å². The van der Waals surface area contributed by atoms with Crippen LogP contribution in [0.5, 0.6) is 0 Å². The van der Waals surface area contributed by atoms with Gasteiger partial charge in [0.25, 0.3) is 0 Å². The highest BCUT2D eigenvalue weighted by atomic mass is 35.5. The van der Waals surface area contributed by atoms with E-state index in [0.717, 1.165) is 24.7 Å².